The van der Waals surface area contributed by atoms with Crippen LogP contribution in [0.25, 0.3) is 0 Å². The lowest BCUT2D eigenvalue weighted by atomic mass is 9.89. The first kappa shape index (κ1) is 19.3. The van der Waals surface area contributed by atoms with Crippen molar-refractivity contribution in [2.75, 3.05) is 20.0 Å². The molecule has 0 radical (unpaired) electrons. The van der Waals surface area contributed by atoms with Crippen LogP contribution in [0.4, 0.5) is 0 Å². The Kier molecular flexibility index (Phi) is 12.2. The molecule has 0 amide bonds. The second kappa shape index (κ2) is 12.0. The van der Waals surface area contributed by atoms with Crippen LogP contribution in [0.3, 0.4) is 0 Å². The highest BCUT2D eigenvalue weighted by molar-refractivity contribution is 7.80. The third kappa shape index (κ3) is 8.21. The summed E-state index contributed by atoms with van der Waals surface area (Å²) >= 11 is 4.32. The lowest BCUT2D eigenvalue weighted by Gasteiger charge is -2.35. The third-order valence-corrected chi connectivity index (χ3v) is 4.49. The van der Waals surface area contributed by atoms with Gasteiger partial charge in [0, 0.05) is 20.1 Å². The van der Waals surface area contributed by atoms with Crippen molar-refractivity contribution in [3.8, 4) is 0 Å². The molecule has 0 fully saturated rings. The number of rotatable bonds is 13. The van der Waals surface area contributed by atoms with Crippen molar-refractivity contribution in [1.82, 2.24) is 0 Å². The molecule has 0 saturated carbocycles. The van der Waals surface area contributed by atoms with Gasteiger partial charge in [0.05, 0.1) is 0 Å². The largest absolute Gasteiger partial charge is 0.353 e. The zero-order chi connectivity index (χ0) is 14.6. The Morgan fingerprint density at radius 3 is 1.95 bits per heavy atom. The van der Waals surface area contributed by atoms with Crippen LogP contribution in [0.5, 0.6) is 0 Å². The summed E-state index contributed by atoms with van der Waals surface area (Å²) in [5.74, 6) is 0.976. The van der Waals surface area contributed by atoms with Crippen LogP contribution in [-0.4, -0.2) is 25.8 Å². The van der Waals surface area contributed by atoms with Crippen molar-refractivity contribution in [2.24, 2.45) is 5.92 Å². The number of thiol groups is 1. The van der Waals surface area contributed by atoms with E-state index in [0.29, 0.717) is 5.92 Å². The fraction of sp³-hybridized carbons (Fsp3) is 1.00. The molecule has 0 saturated heterocycles. The zero-order valence-corrected chi connectivity index (χ0v) is 14.3. The Labute approximate surface area is 126 Å². The van der Waals surface area contributed by atoms with Gasteiger partial charge in [-0.25, -0.2) is 0 Å². The van der Waals surface area contributed by atoms with E-state index in [4.69, 9.17) is 9.47 Å². The molecule has 0 N–H and O–H groups in total. The normalized spacial score (nSPS) is 13.7. The molecule has 0 aliphatic carbocycles. The highest BCUT2D eigenvalue weighted by atomic mass is 32.1. The Morgan fingerprint density at radius 1 is 0.895 bits per heavy atom. The van der Waals surface area contributed by atoms with Crippen LogP contribution in [0, 0.1) is 5.92 Å². The van der Waals surface area contributed by atoms with Gasteiger partial charge in [-0.15, -0.1) is 0 Å². The van der Waals surface area contributed by atoms with Crippen LogP contribution in [0.2, 0.25) is 0 Å². The van der Waals surface area contributed by atoms with Crippen molar-refractivity contribution in [1.29, 1.82) is 0 Å². The molecule has 0 aromatic rings. The van der Waals surface area contributed by atoms with Gasteiger partial charge in [-0.1, -0.05) is 45.4 Å². The second-order valence-corrected chi connectivity index (χ2v) is 5.99. The smallest absolute Gasteiger partial charge is 0.167 e. The minimum atomic E-state index is -0.438. The molecule has 0 aliphatic rings. The van der Waals surface area contributed by atoms with Crippen LogP contribution in [-0.2, 0) is 9.47 Å². The van der Waals surface area contributed by atoms with Crippen LogP contribution in [0.15, 0.2) is 0 Å². The van der Waals surface area contributed by atoms with E-state index in [0.717, 1.165) is 18.6 Å². The van der Waals surface area contributed by atoms with Gasteiger partial charge in [-0.3, -0.25) is 0 Å². The molecular weight excluding hydrogens is 256 g/mol. The summed E-state index contributed by atoms with van der Waals surface area (Å²) in [4.78, 5) is 0. The first-order valence-electron chi connectivity index (χ1n) is 7.85. The minimum Gasteiger partial charge on any atom is -0.353 e. The molecule has 0 aromatic heterocycles. The van der Waals surface area contributed by atoms with Gasteiger partial charge < -0.3 is 9.47 Å². The predicted octanol–water partition coefficient (Wildman–Crippen LogP) is 5.07. The van der Waals surface area contributed by atoms with E-state index in [2.05, 4.69) is 26.5 Å². The molecule has 1 atom stereocenters. The van der Waals surface area contributed by atoms with Crippen molar-refractivity contribution in [2.45, 2.75) is 77.4 Å². The first-order chi connectivity index (χ1) is 9.14. The van der Waals surface area contributed by atoms with E-state index in [1.54, 1.807) is 14.2 Å². The van der Waals surface area contributed by atoms with Crippen molar-refractivity contribution in [3.63, 3.8) is 0 Å². The molecule has 0 spiro atoms. The number of hydrogen-bond donors (Lipinski definition) is 1. The maximum Gasteiger partial charge on any atom is 0.167 e. The standard InChI is InChI=1S/C16H34O2S/c1-5-6-7-8-9-10-12-15(13-11-14-19)16(2,17-3)18-4/h15,19H,5-14H2,1-4H3. The van der Waals surface area contributed by atoms with E-state index >= 15 is 0 Å². The Balaban J connectivity index is 4.05. The van der Waals surface area contributed by atoms with Crippen molar-refractivity contribution < 1.29 is 9.47 Å². The Morgan fingerprint density at radius 2 is 1.42 bits per heavy atom. The highest BCUT2D eigenvalue weighted by Crippen LogP contribution is 2.31. The summed E-state index contributed by atoms with van der Waals surface area (Å²) in [6, 6.07) is 0. The molecule has 3 heteroatoms. The topological polar surface area (TPSA) is 18.5 Å². The van der Waals surface area contributed by atoms with Crippen molar-refractivity contribution in [3.05, 3.63) is 0 Å². The van der Waals surface area contributed by atoms with Gasteiger partial charge in [0.1, 0.15) is 0 Å². The molecule has 0 aromatic carbocycles. The van der Waals surface area contributed by atoms with Gasteiger partial charge in [0.2, 0.25) is 0 Å². The molecule has 0 heterocycles. The van der Waals surface area contributed by atoms with Gasteiger partial charge >= 0.3 is 0 Å². The number of ether oxygens (including phenoxy) is 2. The van der Waals surface area contributed by atoms with E-state index in [-0.39, 0.29) is 0 Å². The number of hydrogen-bond acceptors (Lipinski definition) is 3. The molecule has 0 aliphatic heterocycles. The van der Waals surface area contributed by atoms with Gasteiger partial charge in [-0.2, -0.15) is 12.6 Å². The quantitative estimate of drug-likeness (QED) is 0.290. The SMILES string of the molecule is CCCCCCCCC(CCCS)C(C)(OC)OC. The molecular formula is C16H34O2S. The minimum absolute atomic E-state index is 0.438. The van der Waals surface area contributed by atoms with Gasteiger partial charge in [-0.05, 0) is 31.9 Å². The average molecular weight is 291 g/mol. The van der Waals surface area contributed by atoms with Gasteiger partial charge in [0.15, 0.2) is 5.79 Å². The summed E-state index contributed by atoms with van der Waals surface area (Å²) in [5.41, 5.74) is 0. The lowest BCUT2D eigenvalue weighted by Crippen LogP contribution is -2.39. The number of unbranched alkanes of at least 4 members (excludes halogenated alkanes) is 5. The predicted molar refractivity (Wildman–Crippen MR) is 87.0 cm³/mol. The molecule has 19 heavy (non-hydrogen) atoms. The molecule has 116 valence electrons. The second-order valence-electron chi connectivity index (χ2n) is 5.54. The zero-order valence-electron chi connectivity index (χ0n) is 13.4. The summed E-state index contributed by atoms with van der Waals surface area (Å²) in [7, 11) is 3.50. The lowest BCUT2D eigenvalue weighted by molar-refractivity contribution is -0.230. The van der Waals surface area contributed by atoms with Gasteiger partial charge in [0.25, 0.3) is 0 Å². The molecule has 0 bridgehead atoms. The third-order valence-electron chi connectivity index (χ3n) is 4.17. The monoisotopic (exact) mass is 290 g/mol. The van der Waals surface area contributed by atoms with Crippen molar-refractivity contribution >= 4 is 12.6 Å². The average Bonchev–Trinajstić information content (AvgIpc) is 2.45. The fourth-order valence-electron chi connectivity index (χ4n) is 2.59. The highest BCUT2D eigenvalue weighted by Gasteiger charge is 2.33. The summed E-state index contributed by atoms with van der Waals surface area (Å²) in [6.45, 7) is 4.32. The molecule has 0 rings (SSSR count). The summed E-state index contributed by atoms with van der Waals surface area (Å²) in [6.07, 6.45) is 11.5. The Bertz CT molecular complexity index is 193. The van der Waals surface area contributed by atoms with Crippen LogP contribution >= 0.6 is 12.6 Å². The van der Waals surface area contributed by atoms with Crippen LogP contribution < -0.4 is 0 Å². The first-order valence-corrected chi connectivity index (χ1v) is 8.49. The van der Waals surface area contributed by atoms with Crippen LogP contribution in [0.1, 0.15) is 71.6 Å². The van der Waals surface area contributed by atoms with E-state index in [9.17, 15) is 0 Å². The number of methoxy groups -OCH3 is 2. The summed E-state index contributed by atoms with van der Waals surface area (Å²) < 4.78 is 11.2. The Hall–Kier alpha value is 0.270. The van der Waals surface area contributed by atoms with E-state index in [1.165, 1.54) is 44.9 Å². The molecule has 1 unspecified atom stereocenters. The fourth-order valence-corrected chi connectivity index (χ4v) is 2.78. The maximum absolute atomic E-state index is 5.59. The van der Waals surface area contributed by atoms with E-state index < -0.39 is 5.79 Å². The molecule has 2 nitrogen and oxygen atoms in total. The maximum atomic E-state index is 5.59. The van der Waals surface area contributed by atoms with E-state index in [1.807, 2.05) is 0 Å². The summed E-state index contributed by atoms with van der Waals surface area (Å²) in [5, 5.41) is 0.